The van der Waals surface area contributed by atoms with Gasteiger partial charge in [-0.2, -0.15) is 0 Å². The van der Waals surface area contributed by atoms with Crippen LogP contribution in [-0.4, -0.2) is 0 Å². The summed E-state index contributed by atoms with van der Waals surface area (Å²) in [5.41, 5.74) is 9.70. The maximum Gasteiger partial charge on any atom is 0.0325 e. The minimum atomic E-state index is -1.54. The number of benzene rings is 4. The summed E-state index contributed by atoms with van der Waals surface area (Å²) >= 11 is 0. The van der Waals surface area contributed by atoms with Crippen LogP contribution in [-0.2, 0) is 0 Å². The molecule has 1 nitrogen and oxygen atoms in total. The van der Waals surface area contributed by atoms with Gasteiger partial charge in [-0.15, -0.1) is 10.0 Å². The van der Waals surface area contributed by atoms with Crippen LogP contribution < -0.4 is 5.73 Å². The summed E-state index contributed by atoms with van der Waals surface area (Å²) in [6.45, 7) is 0. The normalized spacial score (nSPS) is 15.1. The third-order valence-electron chi connectivity index (χ3n) is 5.04. The molecule has 4 aromatic carbocycles. The summed E-state index contributed by atoms with van der Waals surface area (Å²) in [4.78, 5) is 5.44. The number of hydrogen-bond donors (Lipinski definition) is 1. The minimum absolute atomic E-state index is 0.820. The van der Waals surface area contributed by atoms with Crippen molar-refractivity contribution in [1.82, 2.24) is 0 Å². The molecule has 0 atom stereocenters. The second-order valence-corrected chi connectivity index (χ2v) is 9.54. The maximum absolute atomic E-state index is 6.26. The van der Waals surface area contributed by atoms with Gasteiger partial charge in [-0.1, -0.05) is 60.7 Å². The van der Waals surface area contributed by atoms with Gasteiger partial charge in [-0.25, -0.2) is 0 Å². The van der Waals surface area contributed by atoms with Crippen molar-refractivity contribution in [3.05, 3.63) is 103 Å². The summed E-state index contributed by atoms with van der Waals surface area (Å²) in [5, 5.41) is 0. The van der Waals surface area contributed by atoms with Crippen molar-refractivity contribution in [3.63, 3.8) is 0 Å². The molecule has 0 aliphatic carbocycles. The standard InChI is InChI=1S/C24H19NS/c25-18-15-16-22-21-13-7-8-14-23(21)26(24(22)17-18,19-9-3-1-4-10-19)20-11-5-2-6-12-20/h1-17H,25H2. The molecular formula is C24H19NS. The molecular weight excluding hydrogens is 334 g/mol. The van der Waals surface area contributed by atoms with Gasteiger partial charge < -0.3 is 5.73 Å². The second kappa shape index (κ2) is 5.79. The van der Waals surface area contributed by atoms with Crippen molar-refractivity contribution in [2.45, 2.75) is 19.6 Å². The zero-order valence-corrected chi connectivity index (χ0v) is 15.1. The lowest BCUT2D eigenvalue weighted by atomic mass is 10.1. The average molecular weight is 353 g/mol. The van der Waals surface area contributed by atoms with E-state index in [4.69, 9.17) is 5.73 Å². The summed E-state index contributed by atoms with van der Waals surface area (Å²) in [6, 6.07) is 37.0. The molecule has 4 aromatic rings. The van der Waals surface area contributed by atoms with Gasteiger partial charge in [-0.3, -0.25) is 0 Å². The van der Waals surface area contributed by atoms with Crippen LogP contribution in [0.2, 0.25) is 0 Å². The van der Waals surface area contributed by atoms with Crippen molar-refractivity contribution in [2.24, 2.45) is 0 Å². The third-order valence-corrected chi connectivity index (χ3v) is 9.01. The van der Waals surface area contributed by atoms with Gasteiger partial charge >= 0.3 is 0 Å². The van der Waals surface area contributed by atoms with Crippen LogP contribution in [0.1, 0.15) is 0 Å². The Bertz CT molecular complexity index is 1050. The fraction of sp³-hybridized carbons (Fsp3) is 0. The summed E-state index contributed by atoms with van der Waals surface area (Å²) in [6.07, 6.45) is 0. The number of fused-ring (bicyclic) bond motifs is 3. The first kappa shape index (κ1) is 15.3. The molecule has 126 valence electrons. The molecule has 2 heteroatoms. The number of hydrogen-bond acceptors (Lipinski definition) is 1. The Morgan fingerprint density at radius 1 is 0.500 bits per heavy atom. The maximum atomic E-state index is 6.26. The van der Waals surface area contributed by atoms with Crippen LogP contribution in [0.3, 0.4) is 0 Å². The summed E-state index contributed by atoms with van der Waals surface area (Å²) in [7, 11) is -1.54. The Morgan fingerprint density at radius 3 is 1.69 bits per heavy atom. The highest BCUT2D eigenvalue weighted by atomic mass is 32.3. The van der Waals surface area contributed by atoms with Crippen molar-refractivity contribution in [3.8, 4) is 11.1 Å². The molecule has 0 radical (unpaired) electrons. The minimum Gasteiger partial charge on any atom is -0.399 e. The van der Waals surface area contributed by atoms with E-state index in [-0.39, 0.29) is 0 Å². The molecule has 1 aliphatic rings. The molecule has 0 amide bonds. The van der Waals surface area contributed by atoms with E-state index in [1.807, 2.05) is 6.07 Å². The van der Waals surface area contributed by atoms with Gasteiger partial charge in [0.2, 0.25) is 0 Å². The Morgan fingerprint density at radius 2 is 1.04 bits per heavy atom. The van der Waals surface area contributed by atoms with Crippen LogP contribution in [0.5, 0.6) is 0 Å². The molecule has 0 saturated carbocycles. The van der Waals surface area contributed by atoms with Gasteiger partial charge in [0.25, 0.3) is 0 Å². The lowest BCUT2D eigenvalue weighted by Gasteiger charge is -2.39. The van der Waals surface area contributed by atoms with Gasteiger partial charge in [0.15, 0.2) is 0 Å². The fourth-order valence-corrected chi connectivity index (χ4v) is 8.25. The lowest BCUT2D eigenvalue weighted by molar-refractivity contribution is 1.29. The van der Waals surface area contributed by atoms with Crippen molar-refractivity contribution in [2.75, 3.05) is 5.73 Å². The average Bonchev–Trinajstić information content (AvgIpc) is 3.00. The number of anilines is 1. The zero-order chi connectivity index (χ0) is 17.6. The SMILES string of the molecule is Nc1ccc2c(c1)S(c1ccccc1)(c1ccccc1)c1ccccc1-2. The van der Waals surface area contributed by atoms with Crippen molar-refractivity contribution < 1.29 is 0 Å². The smallest absolute Gasteiger partial charge is 0.0325 e. The number of rotatable bonds is 2. The quantitative estimate of drug-likeness (QED) is 0.356. The summed E-state index contributed by atoms with van der Waals surface area (Å²) < 4.78 is 0. The monoisotopic (exact) mass is 353 g/mol. The van der Waals surface area contributed by atoms with E-state index in [1.54, 1.807) is 0 Å². The molecule has 2 N–H and O–H groups in total. The summed E-state index contributed by atoms with van der Waals surface area (Å²) in [5.74, 6) is 0. The lowest BCUT2D eigenvalue weighted by Crippen LogP contribution is -2.02. The molecule has 0 spiro atoms. The predicted molar refractivity (Wildman–Crippen MR) is 110 cm³/mol. The predicted octanol–water partition coefficient (Wildman–Crippen LogP) is 6.59. The largest absolute Gasteiger partial charge is 0.399 e. The van der Waals surface area contributed by atoms with Gasteiger partial charge in [-0.05, 0) is 53.6 Å². The first-order valence-corrected chi connectivity index (χ1v) is 10.4. The van der Waals surface area contributed by atoms with E-state index < -0.39 is 10.0 Å². The van der Waals surface area contributed by atoms with E-state index in [0.29, 0.717) is 0 Å². The zero-order valence-electron chi connectivity index (χ0n) is 14.3. The fourth-order valence-electron chi connectivity index (χ4n) is 3.98. The van der Waals surface area contributed by atoms with Gasteiger partial charge in [0.1, 0.15) is 0 Å². The molecule has 0 aromatic heterocycles. The molecule has 1 aliphatic heterocycles. The molecule has 0 saturated heterocycles. The molecule has 5 rings (SSSR count). The Balaban J connectivity index is 1.99. The van der Waals surface area contributed by atoms with Crippen LogP contribution in [0.4, 0.5) is 5.69 Å². The highest BCUT2D eigenvalue weighted by Gasteiger charge is 2.41. The highest BCUT2D eigenvalue weighted by molar-refractivity contribution is 8.34. The molecule has 26 heavy (non-hydrogen) atoms. The molecule has 0 fully saturated rings. The molecule has 0 bridgehead atoms. The Kier molecular flexibility index (Phi) is 3.41. The van der Waals surface area contributed by atoms with Crippen LogP contribution in [0.15, 0.2) is 123 Å². The van der Waals surface area contributed by atoms with E-state index in [9.17, 15) is 0 Å². The van der Waals surface area contributed by atoms with Crippen LogP contribution >= 0.6 is 10.0 Å². The second-order valence-electron chi connectivity index (χ2n) is 6.49. The Labute approximate surface area is 155 Å². The van der Waals surface area contributed by atoms with Crippen molar-refractivity contribution >= 4 is 15.7 Å². The van der Waals surface area contributed by atoms with E-state index in [1.165, 1.54) is 30.7 Å². The third kappa shape index (κ3) is 2.00. The first-order chi connectivity index (χ1) is 12.8. The van der Waals surface area contributed by atoms with Gasteiger partial charge in [0, 0.05) is 25.3 Å². The molecule has 0 unspecified atom stereocenters. The van der Waals surface area contributed by atoms with E-state index in [2.05, 4.69) is 97.1 Å². The van der Waals surface area contributed by atoms with Crippen LogP contribution in [0, 0.1) is 0 Å². The topological polar surface area (TPSA) is 26.0 Å². The highest BCUT2D eigenvalue weighted by Crippen LogP contribution is 2.79. The molecule has 1 heterocycles. The van der Waals surface area contributed by atoms with Crippen molar-refractivity contribution in [1.29, 1.82) is 0 Å². The van der Waals surface area contributed by atoms with E-state index >= 15 is 0 Å². The number of nitrogens with two attached hydrogens (primary N) is 1. The Hall–Kier alpha value is -2.97. The number of nitrogen functional groups attached to an aromatic ring is 1. The van der Waals surface area contributed by atoms with Crippen LogP contribution in [0.25, 0.3) is 11.1 Å². The van der Waals surface area contributed by atoms with Gasteiger partial charge in [0.05, 0.1) is 0 Å². The first-order valence-electron chi connectivity index (χ1n) is 8.74. The van der Waals surface area contributed by atoms with E-state index in [0.717, 1.165) is 5.69 Å².